The van der Waals surface area contributed by atoms with Crippen LogP contribution in [0.15, 0.2) is 0 Å². The summed E-state index contributed by atoms with van der Waals surface area (Å²) in [5.74, 6) is 0. The number of nitrogens with zero attached hydrogens (tertiary/aromatic N) is 1. The highest BCUT2D eigenvalue weighted by molar-refractivity contribution is 4.64. The smallest absolute Gasteiger partial charge is 0.0900 e. The minimum atomic E-state index is -0.632. The zero-order valence-corrected chi connectivity index (χ0v) is 10.7. The molecule has 0 rings (SSSR count). The molecule has 0 aliphatic heterocycles. The second kappa shape index (κ2) is 10.9. The van der Waals surface area contributed by atoms with Gasteiger partial charge in [0.25, 0.3) is 0 Å². The maximum atomic E-state index is 9.72. The minimum Gasteiger partial charge on any atom is -0.395 e. The second-order valence-corrected chi connectivity index (χ2v) is 4.00. The third kappa shape index (κ3) is 9.46. The summed E-state index contributed by atoms with van der Waals surface area (Å²) in [6, 6.07) is 0. The number of methoxy groups -OCH3 is 1. The van der Waals surface area contributed by atoms with Gasteiger partial charge in [0.1, 0.15) is 0 Å². The maximum absolute atomic E-state index is 9.72. The van der Waals surface area contributed by atoms with E-state index in [2.05, 4.69) is 0 Å². The molecule has 6 heteroatoms. The average Bonchev–Trinajstić information content (AvgIpc) is 2.27. The molecule has 0 spiro atoms. The number of hydrogen-bond acceptors (Lipinski definition) is 6. The van der Waals surface area contributed by atoms with Gasteiger partial charge in [-0.3, -0.25) is 4.90 Å². The van der Waals surface area contributed by atoms with Crippen molar-refractivity contribution < 1.29 is 24.8 Å². The third-order valence-electron chi connectivity index (χ3n) is 2.28. The first-order valence-corrected chi connectivity index (χ1v) is 5.86. The van der Waals surface area contributed by atoms with E-state index in [-0.39, 0.29) is 25.9 Å². The molecule has 17 heavy (non-hydrogen) atoms. The van der Waals surface area contributed by atoms with E-state index in [1.165, 1.54) is 0 Å². The normalized spacial score (nSPS) is 15.2. The van der Waals surface area contributed by atoms with Crippen LogP contribution in [-0.2, 0) is 9.47 Å². The highest BCUT2D eigenvalue weighted by Gasteiger charge is 2.12. The molecule has 2 atom stereocenters. The zero-order valence-electron chi connectivity index (χ0n) is 10.7. The molecule has 6 nitrogen and oxygen atoms in total. The van der Waals surface area contributed by atoms with Gasteiger partial charge in [0.05, 0.1) is 38.6 Å². The fraction of sp³-hybridized carbons (Fsp3) is 1.00. The first-order chi connectivity index (χ1) is 8.13. The molecule has 0 aromatic carbocycles. The van der Waals surface area contributed by atoms with Gasteiger partial charge in [-0.15, -0.1) is 0 Å². The summed E-state index contributed by atoms with van der Waals surface area (Å²) in [6.45, 7) is 3.84. The molecular weight excluding hydrogens is 226 g/mol. The van der Waals surface area contributed by atoms with Crippen LogP contribution in [-0.4, -0.2) is 85.6 Å². The molecule has 0 aliphatic carbocycles. The average molecular weight is 251 g/mol. The Morgan fingerprint density at radius 2 is 1.71 bits per heavy atom. The SMILES string of the molecule is COCC(C)OCC(O)CN(CCO)CCO. The summed E-state index contributed by atoms with van der Waals surface area (Å²) < 4.78 is 10.3. The van der Waals surface area contributed by atoms with Crippen molar-refractivity contribution >= 4 is 0 Å². The van der Waals surface area contributed by atoms with E-state index in [1.807, 2.05) is 6.92 Å². The molecule has 0 fully saturated rings. The Bertz CT molecular complexity index is 164. The molecule has 104 valence electrons. The van der Waals surface area contributed by atoms with Gasteiger partial charge in [0.2, 0.25) is 0 Å². The van der Waals surface area contributed by atoms with E-state index < -0.39 is 6.10 Å². The van der Waals surface area contributed by atoms with Crippen molar-refractivity contribution in [3.63, 3.8) is 0 Å². The largest absolute Gasteiger partial charge is 0.395 e. The summed E-state index contributed by atoms with van der Waals surface area (Å²) in [7, 11) is 1.60. The van der Waals surface area contributed by atoms with Crippen LogP contribution in [0.2, 0.25) is 0 Å². The van der Waals surface area contributed by atoms with Gasteiger partial charge in [-0.25, -0.2) is 0 Å². The molecule has 0 aliphatic rings. The van der Waals surface area contributed by atoms with Crippen molar-refractivity contribution in [2.45, 2.75) is 19.1 Å². The zero-order chi connectivity index (χ0) is 13.1. The molecule has 0 heterocycles. The number of rotatable bonds is 11. The van der Waals surface area contributed by atoms with Crippen LogP contribution < -0.4 is 0 Å². The van der Waals surface area contributed by atoms with Gasteiger partial charge >= 0.3 is 0 Å². The molecule has 2 unspecified atom stereocenters. The van der Waals surface area contributed by atoms with Crippen LogP contribution in [0.3, 0.4) is 0 Å². The highest BCUT2D eigenvalue weighted by Crippen LogP contribution is 1.97. The molecule has 0 saturated carbocycles. The maximum Gasteiger partial charge on any atom is 0.0900 e. The second-order valence-electron chi connectivity index (χ2n) is 4.00. The van der Waals surface area contributed by atoms with Gasteiger partial charge in [0.15, 0.2) is 0 Å². The van der Waals surface area contributed by atoms with E-state index in [9.17, 15) is 5.11 Å². The van der Waals surface area contributed by atoms with Crippen LogP contribution in [0, 0.1) is 0 Å². The van der Waals surface area contributed by atoms with Crippen LogP contribution in [0.4, 0.5) is 0 Å². The lowest BCUT2D eigenvalue weighted by Crippen LogP contribution is -2.39. The number of hydrogen-bond donors (Lipinski definition) is 3. The van der Waals surface area contributed by atoms with Crippen LogP contribution in [0.5, 0.6) is 0 Å². The fourth-order valence-electron chi connectivity index (χ4n) is 1.49. The monoisotopic (exact) mass is 251 g/mol. The van der Waals surface area contributed by atoms with E-state index in [1.54, 1.807) is 12.0 Å². The van der Waals surface area contributed by atoms with Gasteiger partial charge < -0.3 is 24.8 Å². The Balaban J connectivity index is 3.76. The van der Waals surface area contributed by atoms with Gasteiger partial charge in [-0.1, -0.05) is 0 Å². The molecule has 0 aromatic heterocycles. The van der Waals surface area contributed by atoms with Crippen LogP contribution in [0.1, 0.15) is 6.92 Å². The molecule has 3 N–H and O–H groups in total. The Morgan fingerprint density at radius 1 is 1.12 bits per heavy atom. The topological polar surface area (TPSA) is 82.4 Å². The van der Waals surface area contributed by atoms with Gasteiger partial charge in [0, 0.05) is 26.7 Å². The molecule has 0 bridgehead atoms. The fourth-order valence-corrected chi connectivity index (χ4v) is 1.49. The Hall–Kier alpha value is -0.240. The van der Waals surface area contributed by atoms with Crippen LogP contribution in [0.25, 0.3) is 0 Å². The summed E-state index contributed by atoms with van der Waals surface area (Å²) in [5.41, 5.74) is 0. The van der Waals surface area contributed by atoms with Crippen molar-refractivity contribution in [1.29, 1.82) is 0 Å². The van der Waals surface area contributed by atoms with Crippen molar-refractivity contribution in [2.24, 2.45) is 0 Å². The molecule has 0 radical (unpaired) electrons. The highest BCUT2D eigenvalue weighted by atomic mass is 16.5. The molecule has 0 amide bonds. The molecular formula is C11H25NO5. The van der Waals surface area contributed by atoms with E-state index in [0.717, 1.165) is 0 Å². The lowest BCUT2D eigenvalue weighted by molar-refractivity contribution is -0.0412. The lowest BCUT2D eigenvalue weighted by Gasteiger charge is -2.24. The number of aliphatic hydroxyl groups is 3. The van der Waals surface area contributed by atoms with Gasteiger partial charge in [-0.2, -0.15) is 0 Å². The third-order valence-corrected chi connectivity index (χ3v) is 2.28. The number of aliphatic hydroxyl groups excluding tert-OH is 3. The van der Waals surface area contributed by atoms with E-state index >= 15 is 0 Å². The quantitative estimate of drug-likeness (QED) is 0.423. The Labute approximate surface area is 103 Å². The van der Waals surface area contributed by atoms with Crippen molar-refractivity contribution in [1.82, 2.24) is 4.90 Å². The van der Waals surface area contributed by atoms with Crippen molar-refractivity contribution in [2.75, 3.05) is 53.2 Å². The Kier molecular flexibility index (Phi) is 10.7. The van der Waals surface area contributed by atoms with Crippen molar-refractivity contribution in [3.8, 4) is 0 Å². The summed E-state index contributed by atoms with van der Waals surface area (Å²) >= 11 is 0. The first kappa shape index (κ1) is 16.8. The van der Waals surface area contributed by atoms with E-state index in [4.69, 9.17) is 19.7 Å². The lowest BCUT2D eigenvalue weighted by atomic mass is 10.3. The standard InChI is InChI=1S/C11H25NO5/c1-10(8-16-2)17-9-11(15)7-12(3-5-13)4-6-14/h10-11,13-15H,3-9H2,1-2H3. The predicted octanol–water partition coefficient (Wildman–Crippen LogP) is -1.31. The van der Waals surface area contributed by atoms with Crippen molar-refractivity contribution in [3.05, 3.63) is 0 Å². The van der Waals surface area contributed by atoms with Gasteiger partial charge in [-0.05, 0) is 6.92 Å². The first-order valence-electron chi connectivity index (χ1n) is 5.86. The number of ether oxygens (including phenoxy) is 2. The predicted molar refractivity (Wildman–Crippen MR) is 63.9 cm³/mol. The van der Waals surface area contributed by atoms with Crippen LogP contribution >= 0.6 is 0 Å². The summed E-state index contributed by atoms with van der Waals surface area (Å²) in [4.78, 5) is 1.79. The minimum absolute atomic E-state index is 0.00759. The molecule has 0 aromatic rings. The Morgan fingerprint density at radius 3 is 2.18 bits per heavy atom. The summed E-state index contributed by atoms with van der Waals surface area (Å²) in [6.07, 6.45) is -0.689. The molecule has 0 saturated heterocycles. The van der Waals surface area contributed by atoms with E-state index in [0.29, 0.717) is 26.2 Å². The summed E-state index contributed by atoms with van der Waals surface area (Å²) in [5, 5.41) is 27.3.